The van der Waals surface area contributed by atoms with Gasteiger partial charge in [-0.15, -0.1) is 13.2 Å². The molecule has 0 amide bonds. The fourth-order valence-corrected chi connectivity index (χ4v) is 2.65. The number of hydrogen-bond donors (Lipinski definition) is 0. The molecule has 0 aliphatic heterocycles. The maximum absolute atomic E-state index is 12.6. The van der Waals surface area contributed by atoms with Crippen molar-refractivity contribution >= 4 is 13.3 Å². The van der Waals surface area contributed by atoms with Crippen LogP contribution >= 0.6 is 0 Å². The lowest BCUT2D eigenvalue weighted by Crippen LogP contribution is -2.40. The van der Waals surface area contributed by atoms with Gasteiger partial charge < -0.3 is 0 Å². The van der Waals surface area contributed by atoms with E-state index in [1.165, 1.54) is 12.1 Å². The van der Waals surface area contributed by atoms with Gasteiger partial charge in [-0.3, -0.25) is 0 Å². The van der Waals surface area contributed by atoms with Gasteiger partial charge in [0.25, 0.3) is 0 Å². The van der Waals surface area contributed by atoms with Gasteiger partial charge in [0, 0.05) is 0 Å². The number of benzene rings is 1. The summed E-state index contributed by atoms with van der Waals surface area (Å²) in [6.07, 6.45) is 0. The normalized spacial score (nSPS) is 10.9. The smallest absolute Gasteiger partial charge is 0.129 e. The molecule has 0 aliphatic rings. The molecule has 2 heteroatoms. The molecule has 0 heterocycles. The molecule has 1 rings (SSSR count). The fourth-order valence-electron chi connectivity index (χ4n) is 1.13. The van der Waals surface area contributed by atoms with Crippen molar-refractivity contribution in [3.05, 3.63) is 54.6 Å². The van der Waals surface area contributed by atoms with Crippen molar-refractivity contribution in [1.29, 1.82) is 0 Å². The van der Waals surface area contributed by atoms with Crippen LogP contribution in [-0.2, 0) is 0 Å². The Hall–Kier alpha value is -1.15. The molecule has 0 fully saturated rings. The molecule has 68 valence electrons. The van der Waals surface area contributed by atoms with Crippen LogP contribution in [0.25, 0.3) is 0 Å². The van der Waals surface area contributed by atoms with Crippen molar-refractivity contribution in [2.24, 2.45) is 0 Å². The first-order chi connectivity index (χ1) is 6.12. The van der Waals surface area contributed by atoms with Crippen molar-refractivity contribution in [2.45, 2.75) is 6.55 Å². The van der Waals surface area contributed by atoms with E-state index in [4.69, 9.17) is 0 Å². The van der Waals surface area contributed by atoms with Crippen molar-refractivity contribution in [1.82, 2.24) is 0 Å². The molecule has 0 saturated carbocycles. The highest BCUT2D eigenvalue weighted by Gasteiger charge is 2.20. The van der Waals surface area contributed by atoms with Crippen molar-refractivity contribution in [2.75, 3.05) is 0 Å². The van der Waals surface area contributed by atoms with Gasteiger partial charge in [-0.25, -0.2) is 4.39 Å². The molecule has 0 unspecified atom stereocenters. The average Bonchev–Trinajstić information content (AvgIpc) is 2.18. The molecule has 0 aliphatic carbocycles. The minimum absolute atomic E-state index is 0.201. The van der Waals surface area contributed by atoms with E-state index in [1.54, 1.807) is 0 Å². The summed E-state index contributed by atoms with van der Waals surface area (Å²) >= 11 is 0. The molecule has 0 atom stereocenters. The van der Waals surface area contributed by atoms with Crippen LogP contribution < -0.4 is 5.19 Å². The van der Waals surface area contributed by atoms with E-state index in [1.807, 2.05) is 23.5 Å². The van der Waals surface area contributed by atoms with Gasteiger partial charge in [0.15, 0.2) is 0 Å². The summed E-state index contributed by atoms with van der Waals surface area (Å²) in [4.78, 5) is 0. The Morgan fingerprint density at radius 3 is 2.00 bits per heavy atom. The Labute approximate surface area is 79.4 Å². The molecule has 0 spiro atoms. The first-order valence-electron chi connectivity index (χ1n) is 4.15. The van der Waals surface area contributed by atoms with E-state index in [2.05, 4.69) is 19.7 Å². The summed E-state index contributed by atoms with van der Waals surface area (Å²) in [7, 11) is -1.74. The van der Waals surface area contributed by atoms with Gasteiger partial charge in [-0.1, -0.05) is 35.3 Å². The minimum atomic E-state index is -1.74. The van der Waals surface area contributed by atoms with Gasteiger partial charge in [0.1, 0.15) is 13.9 Å². The molecule has 0 aromatic heterocycles. The quantitative estimate of drug-likeness (QED) is 0.646. The Balaban J connectivity index is 3.13. The fraction of sp³-hybridized carbons (Fsp3) is 0.0909. The van der Waals surface area contributed by atoms with Gasteiger partial charge in [-0.2, -0.15) is 0 Å². The third kappa shape index (κ3) is 1.95. The zero-order valence-corrected chi connectivity index (χ0v) is 8.76. The summed E-state index contributed by atoms with van der Waals surface area (Å²) < 4.78 is 12.6. The van der Waals surface area contributed by atoms with Gasteiger partial charge in [-0.05, 0) is 12.1 Å². The Morgan fingerprint density at radius 2 is 1.62 bits per heavy atom. The summed E-state index contributed by atoms with van der Waals surface area (Å²) in [6.45, 7) is 9.72. The lowest BCUT2D eigenvalue weighted by atomic mass is 10.3. The second-order valence-corrected chi connectivity index (χ2v) is 7.16. The summed E-state index contributed by atoms with van der Waals surface area (Å²) in [5, 5.41) is 1.14. The van der Waals surface area contributed by atoms with Crippen LogP contribution in [0.4, 0.5) is 4.39 Å². The number of rotatable bonds is 3. The topological polar surface area (TPSA) is 0 Å². The molecule has 0 radical (unpaired) electrons. The van der Waals surface area contributed by atoms with Crippen molar-refractivity contribution in [3.63, 3.8) is 0 Å². The second kappa shape index (κ2) is 3.71. The second-order valence-electron chi connectivity index (χ2n) is 3.20. The van der Waals surface area contributed by atoms with Crippen LogP contribution in [0.15, 0.2) is 48.8 Å². The minimum Gasteiger partial charge on any atom is -0.207 e. The lowest BCUT2D eigenvalue weighted by Gasteiger charge is -2.18. The monoisotopic (exact) mass is 192 g/mol. The summed E-state index contributed by atoms with van der Waals surface area (Å²) in [5.74, 6) is -0.201. The van der Waals surface area contributed by atoms with Crippen LogP contribution in [0, 0.1) is 5.82 Å². The zero-order valence-electron chi connectivity index (χ0n) is 7.76. The van der Waals surface area contributed by atoms with Gasteiger partial charge >= 0.3 is 0 Å². The van der Waals surface area contributed by atoms with Crippen LogP contribution in [0.5, 0.6) is 0 Å². The number of halogens is 1. The largest absolute Gasteiger partial charge is 0.207 e. The summed E-state index contributed by atoms with van der Waals surface area (Å²) in [5.41, 5.74) is 3.88. The highest BCUT2D eigenvalue weighted by molar-refractivity contribution is 6.98. The predicted octanol–water partition coefficient (Wildman–Crippen LogP) is 2.56. The Bertz CT molecular complexity index is 305. The molecule has 13 heavy (non-hydrogen) atoms. The first-order valence-corrected chi connectivity index (χ1v) is 6.81. The molecule has 0 nitrogen and oxygen atoms in total. The molecule has 1 aromatic rings. The third-order valence-corrected chi connectivity index (χ3v) is 5.59. The van der Waals surface area contributed by atoms with Crippen LogP contribution in [0.2, 0.25) is 6.55 Å². The van der Waals surface area contributed by atoms with E-state index in [9.17, 15) is 4.39 Å². The van der Waals surface area contributed by atoms with E-state index in [0.717, 1.165) is 5.19 Å². The molecule has 0 N–H and O–H groups in total. The maximum atomic E-state index is 12.6. The number of hydrogen-bond acceptors (Lipinski definition) is 0. The standard InChI is InChI=1S/C11H13FSi/c1-4-13(3,5-2)11-8-6-10(12)7-9-11/h4-9H,1-2H2,3H3. The maximum Gasteiger partial charge on any atom is 0.129 e. The molecular weight excluding hydrogens is 179 g/mol. The van der Waals surface area contributed by atoms with Gasteiger partial charge in [0.05, 0.1) is 0 Å². The van der Waals surface area contributed by atoms with Gasteiger partial charge in [0.2, 0.25) is 0 Å². The SMILES string of the molecule is C=C[Si](C)(C=C)c1ccc(F)cc1. The highest BCUT2D eigenvalue weighted by atomic mass is 28.3. The Morgan fingerprint density at radius 1 is 1.15 bits per heavy atom. The van der Waals surface area contributed by atoms with Crippen LogP contribution in [0.1, 0.15) is 0 Å². The van der Waals surface area contributed by atoms with Crippen molar-refractivity contribution < 1.29 is 4.39 Å². The third-order valence-electron chi connectivity index (χ3n) is 2.31. The molecule has 0 bridgehead atoms. The molecular formula is C11H13FSi. The highest BCUT2D eigenvalue weighted by Crippen LogP contribution is 2.06. The Kier molecular flexibility index (Phi) is 2.83. The van der Waals surface area contributed by atoms with E-state index >= 15 is 0 Å². The van der Waals surface area contributed by atoms with Crippen LogP contribution in [-0.4, -0.2) is 8.07 Å². The van der Waals surface area contributed by atoms with E-state index in [-0.39, 0.29) is 5.82 Å². The van der Waals surface area contributed by atoms with E-state index < -0.39 is 8.07 Å². The molecule has 0 saturated heterocycles. The summed E-state index contributed by atoms with van der Waals surface area (Å²) in [6, 6.07) is 6.58. The predicted molar refractivity (Wildman–Crippen MR) is 58.0 cm³/mol. The van der Waals surface area contributed by atoms with Crippen LogP contribution in [0.3, 0.4) is 0 Å². The average molecular weight is 192 g/mol. The molecule has 1 aromatic carbocycles. The lowest BCUT2D eigenvalue weighted by molar-refractivity contribution is 0.628. The first kappa shape index (κ1) is 9.93. The van der Waals surface area contributed by atoms with Crippen molar-refractivity contribution in [3.8, 4) is 0 Å². The zero-order chi connectivity index (χ0) is 9.90. The van der Waals surface area contributed by atoms with E-state index in [0.29, 0.717) is 0 Å².